The first-order chi connectivity index (χ1) is 9.96. The second kappa shape index (κ2) is 6.76. The Morgan fingerprint density at radius 3 is 2.43 bits per heavy atom. The Morgan fingerprint density at radius 1 is 1.10 bits per heavy atom. The van der Waals surface area contributed by atoms with E-state index in [9.17, 15) is 13.2 Å². The molecule has 6 heteroatoms. The summed E-state index contributed by atoms with van der Waals surface area (Å²) in [5.41, 5.74) is 1.63. The average Bonchev–Trinajstić information content (AvgIpc) is 2.44. The Bertz CT molecular complexity index is 584. The van der Waals surface area contributed by atoms with Crippen LogP contribution in [0.25, 0.3) is 0 Å². The van der Waals surface area contributed by atoms with Gasteiger partial charge in [0.1, 0.15) is 5.75 Å². The number of ether oxygens (including phenoxy) is 1. The van der Waals surface area contributed by atoms with E-state index >= 15 is 0 Å². The minimum absolute atomic E-state index is 0.209. The summed E-state index contributed by atoms with van der Waals surface area (Å²) in [7, 11) is 0. The molecule has 2 aromatic rings. The Balaban J connectivity index is 1.97. The molecule has 0 aliphatic heterocycles. The third-order valence-corrected chi connectivity index (χ3v) is 3.46. The molecule has 1 N–H and O–H groups in total. The molecule has 0 saturated heterocycles. The van der Waals surface area contributed by atoms with E-state index in [1.54, 1.807) is 17.8 Å². The van der Waals surface area contributed by atoms with Gasteiger partial charge in [0.05, 0.1) is 0 Å². The quantitative estimate of drug-likeness (QED) is 0.792. The first-order valence-electron chi connectivity index (χ1n) is 6.19. The molecule has 0 heterocycles. The number of nitrogens with one attached hydrogen (secondary N) is 1. The fourth-order valence-electron chi connectivity index (χ4n) is 1.77. The first-order valence-corrected chi connectivity index (χ1v) is 7.41. The Kier molecular flexibility index (Phi) is 5.01. The van der Waals surface area contributed by atoms with E-state index in [1.165, 1.54) is 18.2 Å². The number of halogens is 3. The summed E-state index contributed by atoms with van der Waals surface area (Å²) in [5, 5.41) is 3.16. The van der Waals surface area contributed by atoms with Crippen LogP contribution in [-0.4, -0.2) is 12.6 Å². The van der Waals surface area contributed by atoms with Crippen LogP contribution in [0.2, 0.25) is 0 Å². The van der Waals surface area contributed by atoms with Gasteiger partial charge in [-0.25, -0.2) is 0 Å². The summed E-state index contributed by atoms with van der Waals surface area (Å²) in [4.78, 5) is 1.15. The van der Waals surface area contributed by atoms with Crippen LogP contribution in [0.3, 0.4) is 0 Å². The maximum atomic E-state index is 12.2. The third-order valence-electron chi connectivity index (χ3n) is 2.72. The Hall–Kier alpha value is -1.82. The van der Waals surface area contributed by atoms with E-state index in [2.05, 4.69) is 10.1 Å². The van der Waals surface area contributed by atoms with Gasteiger partial charge in [0.25, 0.3) is 0 Å². The zero-order valence-corrected chi connectivity index (χ0v) is 12.1. The number of benzene rings is 2. The molecule has 0 aromatic heterocycles. The largest absolute Gasteiger partial charge is 0.573 e. The molecule has 2 nitrogen and oxygen atoms in total. The Morgan fingerprint density at radius 2 is 1.81 bits per heavy atom. The van der Waals surface area contributed by atoms with Crippen LogP contribution in [0, 0.1) is 0 Å². The zero-order chi connectivity index (χ0) is 15.3. The molecule has 0 fully saturated rings. The average molecular weight is 313 g/mol. The standard InChI is InChI=1S/C15H14F3NOS/c1-21-14-7-5-12(6-8-14)19-10-11-3-2-4-13(9-11)20-15(16,17)18/h2-9,19H,10H2,1H3. The lowest BCUT2D eigenvalue weighted by atomic mass is 10.2. The van der Waals surface area contributed by atoms with Crippen molar-refractivity contribution in [3.05, 3.63) is 54.1 Å². The second-order valence-electron chi connectivity index (χ2n) is 4.28. The SMILES string of the molecule is CSc1ccc(NCc2cccc(OC(F)(F)F)c2)cc1. The van der Waals surface area contributed by atoms with Gasteiger partial charge in [-0.2, -0.15) is 0 Å². The minimum atomic E-state index is -4.67. The molecule has 0 aliphatic rings. The van der Waals surface area contributed by atoms with Gasteiger partial charge in [-0.1, -0.05) is 12.1 Å². The lowest BCUT2D eigenvalue weighted by molar-refractivity contribution is -0.274. The molecule has 0 unspecified atom stereocenters. The monoisotopic (exact) mass is 313 g/mol. The van der Waals surface area contributed by atoms with Crippen LogP contribution >= 0.6 is 11.8 Å². The predicted molar refractivity (Wildman–Crippen MR) is 78.7 cm³/mol. The molecule has 0 radical (unpaired) electrons. The van der Waals surface area contributed by atoms with Crippen LogP contribution in [0.4, 0.5) is 18.9 Å². The fraction of sp³-hybridized carbons (Fsp3) is 0.200. The van der Waals surface area contributed by atoms with E-state index in [1.807, 2.05) is 30.5 Å². The maximum Gasteiger partial charge on any atom is 0.573 e. The molecule has 2 rings (SSSR count). The lowest BCUT2D eigenvalue weighted by Crippen LogP contribution is -2.17. The minimum Gasteiger partial charge on any atom is -0.406 e. The van der Waals surface area contributed by atoms with E-state index in [0.717, 1.165) is 10.6 Å². The van der Waals surface area contributed by atoms with Crippen molar-refractivity contribution in [3.8, 4) is 5.75 Å². The van der Waals surface area contributed by atoms with Crippen LogP contribution in [-0.2, 0) is 6.54 Å². The van der Waals surface area contributed by atoms with E-state index in [-0.39, 0.29) is 5.75 Å². The summed E-state index contributed by atoms with van der Waals surface area (Å²) in [6.07, 6.45) is -2.67. The van der Waals surface area contributed by atoms with Crippen molar-refractivity contribution in [3.63, 3.8) is 0 Å². The van der Waals surface area contributed by atoms with Gasteiger partial charge >= 0.3 is 6.36 Å². The number of thioether (sulfide) groups is 1. The molecular weight excluding hydrogens is 299 g/mol. The maximum absolute atomic E-state index is 12.2. The van der Waals surface area contributed by atoms with Crippen LogP contribution in [0.5, 0.6) is 5.75 Å². The summed E-state index contributed by atoms with van der Waals surface area (Å²) >= 11 is 1.65. The first kappa shape index (κ1) is 15.6. The van der Waals surface area contributed by atoms with Crippen molar-refractivity contribution in [2.24, 2.45) is 0 Å². The molecule has 0 amide bonds. The third kappa shape index (κ3) is 5.23. The summed E-state index contributed by atoms with van der Waals surface area (Å²) in [5.74, 6) is -0.209. The molecular formula is C15H14F3NOS. The topological polar surface area (TPSA) is 21.3 Å². The molecule has 112 valence electrons. The molecule has 0 aliphatic carbocycles. The summed E-state index contributed by atoms with van der Waals surface area (Å²) < 4.78 is 40.4. The molecule has 2 aromatic carbocycles. The molecule has 0 saturated carbocycles. The highest BCUT2D eigenvalue weighted by molar-refractivity contribution is 7.98. The number of rotatable bonds is 5. The normalized spacial score (nSPS) is 11.2. The van der Waals surface area contributed by atoms with Gasteiger partial charge in [-0.3, -0.25) is 0 Å². The van der Waals surface area contributed by atoms with Crippen molar-refractivity contribution in [1.82, 2.24) is 0 Å². The molecule has 21 heavy (non-hydrogen) atoms. The fourth-order valence-corrected chi connectivity index (χ4v) is 2.17. The van der Waals surface area contributed by atoms with E-state index in [0.29, 0.717) is 12.1 Å². The van der Waals surface area contributed by atoms with E-state index in [4.69, 9.17) is 0 Å². The van der Waals surface area contributed by atoms with Gasteiger partial charge < -0.3 is 10.1 Å². The van der Waals surface area contributed by atoms with Crippen LogP contribution < -0.4 is 10.1 Å². The van der Waals surface area contributed by atoms with Gasteiger partial charge in [-0.05, 0) is 48.2 Å². The van der Waals surface area contributed by atoms with Gasteiger partial charge in [0, 0.05) is 17.1 Å². The highest BCUT2D eigenvalue weighted by atomic mass is 32.2. The van der Waals surface area contributed by atoms with Crippen molar-refractivity contribution in [2.75, 3.05) is 11.6 Å². The zero-order valence-electron chi connectivity index (χ0n) is 11.3. The molecule has 0 spiro atoms. The number of alkyl halides is 3. The van der Waals surface area contributed by atoms with Gasteiger partial charge in [-0.15, -0.1) is 24.9 Å². The number of anilines is 1. The smallest absolute Gasteiger partial charge is 0.406 e. The Labute approximate surface area is 125 Å². The highest BCUT2D eigenvalue weighted by Crippen LogP contribution is 2.24. The van der Waals surface area contributed by atoms with Crippen molar-refractivity contribution in [2.45, 2.75) is 17.8 Å². The van der Waals surface area contributed by atoms with Crippen LogP contribution in [0.15, 0.2) is 53.4 Å². The number of hydrogen-bond acceptors (Lipinski definition) is 3. The van der Waals surface area contributed by atoms with Crippen molar-refractivity contribution >= 4 is 17.4 Å². The highest BCUT2D eigenvalue weighted by Gasteiger charge is 2.31. The molecule has 0 atom stereocenters. The van der Waals surface area contributed by atoms with Crippen molar-refractivity contribution in [1.29, 1.82) is 0 Å². The van der Waals surface area contributed by atoms with Crippen molar-refractivity contribution < 1.29 is 17.9 Å². The van der Waals surface area contributed by atoms with E-state index < -0.39 is 6.36 Å². The van der Waals surface area contributed by atoms with Crippen LogP contribution in [0.1, 0.15) is 5.56 Å². The summed E-state index contributed by atoms with van der Waals surface area (Å²) in [6, 6.07) is 13.8. The molecule has 0 bridgehead atoms. The lowest BCUT2D eigenvalue weighted by Gasteiger charge is -2.11. The van der Waals surface area contributed by atoms with Gasteiger partial charge in [0.2, 0.25) is 0 Å². The second-order valence-corrected chi connectivity index (χ2v) is 5.16. The van der Waals surface area contributed by atoms with Gasteiger partial charge in [0.15, 0.2) is 0 Å². The summed E-state index contributed by atoms with van der Waals surface area (Å²) in [6.45, 7) is 0.424. The number of hydrogen-bond donors (Lipinski definition) is 1. The predicted octanol–water partition coefficient (Wildman–Crippen LogP) is 4.92.